The van der Waals surface area contributed by atoms with E-state index >= 15 is 0 Å². The first-order valence-corrected chi connectivity index (χ1v) is 9.92. The number of allylic oxidation sites excluding steroid dienone is 10. The average Bonchev–Trinajstić information content (AvgIpc) is 2.67. The molecule has 0 radical (unpaired) electrons. The van der Waals surface area contributed by atoms with Crippen molar-refractivity contribution in [2.45, 2.75) is 40.0 Å². The molecule has 4 atom stereocenters. The van der Waals surface area contributed by atoms with Crippen LogP contribution in [0.4, 0.5) is 0 Å². The topological polar surface area (TPSA) is 12.9 Å². The molecule has 0 spiro atoms. The Hall–Kier alpha value is -2.15. The molecule has 1 nitrogen and oxygen atoms in total. The zero-order valence-electron chi connectivity index (χ0n) is 16.3. The number of nitrogens with zero attached hydrogens (tertiary/aromatic N) is 1. The van der Waals surface area contributed by atoms with Crippen LogP contribution in [0.3, 0.4) is 0 Å². The third-order valence-corrected chi connectivity index (χ3v) is 6.80. The quantitative estimate of drug-likeness (QED) is 0.572. The maximum atomic E-state index is 4.90. The van der Waals surface area contributed by atoms with Gasteiger partial charge in [0, 0.05) is 18.0 Å². The van der Waals surface area contributed by atoms with Crippen LogP contribution in [0.25, 0.3) is 5.57 Å². The van der Waals surface area contributed by atoms with Gasteiger partial charge in [-0.1, -0.05) is 75.4 Å². The smallest absolute Gasteiger partial charge is 0.0706 e. The lowest BCUT2D eigenvalue weighted by molar-refractivity contribution is 0.220. The lowest BCUT2D eigenvalue weighted by atomic mass is 9.58. The molecular weight excluding hydrogens is 314 g/mol. The van der Waals surface area contributed by atoms with E-state index in [4.69, 9.17) is 4.98 Å². The summed E-state index contributed by atoms with van der Waals surface area (Å²) in [6.07, 6.45) is 21.6. The molecule has 4 rings (SSSR count). The first-order valence-electron chi connectivity index (χ1n) is 9.92. The van der Waals surface area contributed by atoms with E-state index in [2.05, 4.69) is 88.4 Å². The summed E-state index contributed by atoms with van der Waals surface area (Å²) in [7, 11) is 0. The Labute approximate surface area is 157 Å². The number of fused-ring (bicyclic) bond motifs is 5. The molecule has 3 aliphatic carbocycles. The van der Waals surface area contributed by atoms with Crippen molar-refractivity contribution >= 4 is 5.57 Å². The van der Waals surface area contributed by atoms with Crippen LogP contribution in [0.1, 0.15) is 51.3 Å². The molecule has 0 aromatic carbocycles. The van der Waals surface area contributed by atoms with Gasteiger partial charge in [-0.2, -0.15) is 0 Å². The van der Waals surface area contributed by atoms with E-state index in [0.29, 0.717) is 23.7 Å². The van der Waals surface area contributed by atoms with Crippen molar-refractivity contribution in [1.82, 2.24) is 4.98 Å². The lowest BCUT2D eigenvalue weighted by Gasteiger charge is -2.45. The summed E-state index contributed by atoms with van der Waals surface area (Å²) < 4.78 is 0. The van der Waals surface area contributed by atoms with E-state index in [1.165, 1.54) is 22.4 Å². The van der Waals surface area contributed by atoms with Gasteiger partial charge in [-0.25, -0.2) is 0 Å². The summed E-state index contributed by atoms with van der Waals surface area (Å²) in [6, 6.07) is 4.37. The Kier molecular flexibility index (Phi) is 4.34. The second kappa shape index (κ2) is 6.54. The first-order chi connectivity index (χ1) is 12.6. The van der Waals surface area contributed by atoms with E-state index in [9.17, 15) is 0 Å². The van der Waals surface area contributed by atoms with Crippen LogP contribution < -0.4 is 0 Å². The van der Waals surface area contributed by atoms with Gasteiger partial charge in [0.1, 0.15) is 0 Å². The predicted octanol–water partition coefficient (Wildman–Crippen LogP) is 6.49. The molecule has 1 heterocycles. The van der Waals surface area contributed by atoms with Crippen LogP contribution in [0.5, 0.6) is 0 Å². The zero-order chi connectivity index (χ0) is 18.3. The molecule has 26 heavy (non-hydrogen) atoms. The van der Waals surface area contributed by atoms with Crippen molar-refractivity contribution in [2.24, 2.45) is 23.2 Å². The molecule has 0 amide bonds. The van der Waals surface area contributed by atoms with Crippen molar-refractivity contribution in [1.29, 1.82) is 0 Å². The molecule has 0 fully saturated rings. The Morgan fingerprint density at radius 2 is 1.96 bits per heavy atom. The number of hydrogen-bond donors (Lipinski definition) is 0. The van der Waals surface area contributed by atoms with Gasteiger partial charge in [0.05, 0.1) is 5.69 Å². The first kappa shape index (κ1) is 17.3. The fourth-order valence-electron chi connectivity index (χ4n) is 5.08. The normalized spacial score (nSPS) is 28.9. The number of pyridine rings is 1. The molecule has 0 N–H and O–H groups in total. The monoisotopic (exact) mass is 343 g/mol. The second-order valence-electron chi connectivity index (χ2n) is 8.34. The fourth-order valence-corrected chi connectivity index (χ4v) is 5.08. The lowest BCUT2D eigenvalue weighted by Crippen LogP contribution is -2.36. The Bertz CT molecular complexity index is 849. The largest absolute Gasteiger partial charge is 0.256 e. The molecule has 0 bridgehead atoms. The van der Waals surface area contributed by atoms with E-state index < -0.39 is 0 Å². The number of rotatable bonds is 3. The van der Waals surface area contributed by atoms with Gasteiger partial charge in [-0.05, 0) is 53.4 Å². The van der Waals surface area contributed by atoms with Gasteiger partial charge in [-0.15, -0.1) is 0 Å². The minimum absolute atomic E-state index is 0.121. The molecular formula is C25H29N. The highest BCUT2D eigenvalue weighted by molar-refractivity contribution is 5.79. The Morgan fingerprint density at radius 3 is 2.69 bits per heavy atom. The molecule has 0 aliphatic heterocycles. The van der Waals surface area contributed by atoms with Gasteiger partial charge in [0.25, 0.3) is 0 Å². The standard InChI is InChI=1S/C25H29N/c1-5-15-25(4,17(2)3)22-14-8-12-20-18-10-6-7-11-19(18)21-13-9-16-26-24(21)23(20)22/h5-13,15-19,22H,14H2,1-4H3. The molecule has 134 valence electrons. The summed E-state index contributed by atoms with van der Waals surface area (Å²) in [5.41, 5.74) is 5.71. The van der Waals surface area contributed by atoms with Crippen LogP contribution in [0, 0.1) is 23.2 Å². The molecule has 1 heteroatoms. The van der Waals surface area contributed by atoms with Gasteiger partial charge in [0.2, 0.25) is 0 Å². The molecule has 3 aliphatic rings. The summed E-state index contributed by atoms with van der Waals surface area (Å²) >= 11 is 0. The highest BCUT2D eigenvalue weighted by Gasteiger charge is 2.44. The van der Waals surface area contributed by atoms with E-state index in [-0.39, 0.29) is 5.41 Å². The van der Waals surface area contributed by atoms with Crippen molar-refractivity contribution in [2.75, 3.05) is 0 Å². The maximum Gasteiger partial charge on any atom is 0.0706 e. The summed E-state index contributed by atoms with van der Waals surface area (Å²) in [5, 5.41) is 0. The fraction of sp³-hybridized carbons (Fsp3) is 0.400. The minimum Gasteiger partial charge on any atom is -0.256 e. The second-order valence-corrected chi connectivity index (χ2v) is 8.34. The summed E-state index contributed by atoms with van der Waals surface area (Å²) in [6.45, 7) is 9.28. The van der Waals surface area contributed by atoms with E-state index in [0.717, 1.165) is 6.42 Å². The molecule has 0 saturated carbocycles. The van der Waals surface area contributed by atoms with Crippen LogP contribution in [-0.4, -0.2) is 4.98 Å². The van der Waals surface area contributed by atoms with E-state index in [1.54, 1.807) is 0 Å². The molecule has 1 aromatic heterocycles. The summed E-state index contributed by atoms with van der Waals surface area (Å²) in [5.74, 6) is 1.88. The third-order valence-electron chi connectivity index (χ3n) is 6.80. The SMILES string of the molecule is CC=CC(C)(C(C)C)C1CC=CC2=C1c1ncccc1C1C=CC=CC21. The zero-order valence-corrected chi connectivity index (χ0v) is 16.3. The van der Waals surface area contributed by atoms with Crippen LogP contribution in [0.2, 0.25) is 0 Å². The van der Waals surface area contributed by atoms with Crippen molar-refractivity contribution < 1.29 is 0 Å². The number of aromatic nitrogens is 1. The van der Waals surface area contributed by atoms with Gasteiger partial charge in [0.15, 0.2) is 0 Å². The minimum atomic E-state index is 0.121. The van der Waals surface area contributed by atoms with Gasteiger partial charge < -0.3 is 0 Å². The van der Waals surface area contributed by atoms with Crippen LogP contribution >= 0.6 is 0 Å². The maximum absolute atomic E-state index is 4.90. The Balaban J connectivity index is 1.95. The average molecular weight is 344 g/mol. The molecule has 1 aromatic rings. The Morgan fingerprint density at radius 1 is 1.19 bits per heavy atom. The van der Waals surface area contributed by atoms with Gasteiger partial charge in [-0.3, -0.25) is 4.98 Å². The third kappa shape index (κ3) is 2.48. The highest BCUT2D eigenvalue weighted by atomic mass is 14.7. The van der Waals surface area contributed by atoms with Crippen LogP contribution in [-0.2, 0) is 0 Å². The van der Waals surface area contributed by atoms with Crippen molar-refractivity contribution in [3.63, 3.8) is 0 Å². The number of hydrogen-bond acceptors (Lipinski definition) is 1. The predicted molar refractivity (Wildman–Crippen MR) is 111 cm³/mol. The van der Waals surface area contributed by atoms with Crippen LogP contribution in [0.15, 0.2) is 72.5 Å². The highest BCUT2D eigenvalue weighted by Crippen LogP contribution is 2.55. The molecule has 0 saturated heterocycles. The van der Waals surface area contributed by atoms with Crippen molar-refractivity contribution in [3.05, 3.63) is 83.8 Å². The van der Waals surface area contributed by atoms with E-state index in [1.807, 2.05) is 6.20 Å². The van der Waals surface area contributed by atoms with Crippen molar-refractivity contribution in [3.8, 4) is 0 Å². The molecule has 4 unspecified atom stereocenters. The summed E-state index contributed by atoms with van der Waals surface area (Å²) in [4.78, 5) is 4.90. The van der Waals surface area contributed by atoms with Gasteiger partial charge >= 0.3 is 0 Å².